The molecule has 1 saturated heterocycles. The Balaban J connectivity index is 1.84. The van der Waals surface area contributed by atoms with E-state index < -0.39 is 10.0 Å². The van der Waals surface area contributed by atoms with Crippen molar-refractivity contribution in [2.75, 3.05) is 31.6 Å². The second kappa shape index (κ2) is 8.86. The van der Waals surface area contributed by atoms with Crippen LogP contribution in [0, 0.1) is 0 Å². The molecule has 6 nitrogen and oxygen atoms in total. The highest BCUT2D eigenvalue weighted by atomic mass is 32.2. The van der Waals surface area contributed by atoms with E-state index in [9.17, 15) is 13.2 Å². The highest BCUT2D eigenvalue weighted by Gasteiger charge is 2.27. The van der Waals surface area contributed by atoms with Crippen LogP contribution >= 0.6 is 0 Å². The summed E-state index contributed by atoms with van der Waals surface area (Å²) in [4.78, 5) is 12.9. The summed E-state index contributed by atoms with van der Waals surface area (Å²) in [5.41, 5.74) is 2.13. The third-order valence-electron chi connectivity index (χ3n) is 5.06. The minimum atomic E-state index is -3.64. The van der Waals surface area contributed by atoms with Crippen LogP contribution in [0.3, 0.4) is 0 Å². The van der Waals surface area contributed by atoms with Gasteiger partial charge in [0.15, 0.2) is 0 Å². The van der Waals surface area contributed by atoms with Crippen LogP contribution in [0.15, 0.2) is 53.4 Å². The van der Waals surface area contributed by atoms with E-state index in [1.54, 1.807) is 12.1 Å². The molecule has 1 aliphatic rings. The van der Waals surface area contributed by atoms with Gasteiger partial charge in [-0.3, -0.25) is 4.79 Å². The van der Waals surface area contributed by atoms with Crippen LogP contribution in [0.1, 0.15) is 42.1 Å². The third kappa shape index (κ3) is 4.43. The number of sulfonamides is 1. The first-order valence-corrected chi connectivity index (χ1v) is 11.0. The molecule has 0 aliphatic carbocycles. The first-order valence-electron chi connectivity index (χ1n) is 9.51. The fraction of sp³-hybridized carbons (Fsp3) is 0.381. The van der Waals surface area contributed by atoms with Crippen molar-refractivity contribution in [2.45, 2.75) is 31.1 Å². The van der Waals surface area contributed by atoms with Gasteiger partial charge in [0.05, 0.1) is 18.1 Å². The number of carbonyl (C=O) groups excluding carboxylic acids is 1. The van der Waals surface area contributed by atoms with Crippen LogP contribution in [0.5, 0.6) is 0 Å². The standard InChI is InChI=1S/C21H26N2O4S/c1-3-16(2)19-9-4-5-10-20(19)22-21(24)17-7-6-8-18(15-17)28(25,26)23-11-13-27-14-12-23/h4-10,15-16H,3,11-14H2,1-2H3,(H,22,24)/t16-/m1/s1. The molecular formula is C21H26N2O4S. The number of hydrogen-bond donors (Lipinski definition) is 1. The Hall–Kier alpha value is -2.22. The average Bonchev–Trinajstić information content (AvgIpc) is 2.74. The van der Waals surface area contributed by atoms with Gasteiger partial charge in [-0.25, -0.2) is 8.42 Å². The maximum Gasteiger partial charge on any atom is 0.255 e. The van der Waals surface area contributed by atoms with Crippen molar-refractivity contribution in [3.8, 4) is 0 Å². The molecule has 2 aromatic rings. The summed E-state index contributed by atoms with van der Waals surface area (Å²) in [5, 5.41) is 2.93. The van der Waals surface area contributed by atoms with E-state index in [0.29, 0.717) is 37.8 Å². The van der Waals surface area contributed by atoms with Gasteiger partial charge in [0.2, 0.25) is 10.0 Å². The zero-order chi connectivity index (χ0) is 20.1. The van der Waals surface area contributed by atoms with E-state index in [2.05, 4.69) is 19.2 Å². The second-order valence-electron chi connectivity index (χ2n) is 6.89. The van der Waals surface area contributed by atoms with Crippen molar-refractivity contribution in [2.24, 2.45) is 0 Å². The molecule has 0 spiro atoms. The van der Waals surface area contributed by atoms with Gasteiger partial charge < -0.3 is 10.1 Å². The van der Waals surface area contributed by atoms with E-state index in [-0.39, 0.29) is 10.8 Å². The monoisotopic (exact) mass is 402 g/mol. The lowest BCUT2D eigenvalue weighted by molar-refractivity contribution is 0.0730. The summed E-state index contributed by atoms with van der Waals surface area (Å²) < 4.78 is 32.3. The van der Waals surface area contributed by atoms with Crippen molar-refractivity contribution in [1.29, 1.82) is 0 Å². The number of rotatable bonds is 6. The number of nitrogens with zero attached hydrogens (tertiary/aromatic N) is 1. The fourth-order valence-corrected chi connectivity index (χ4v) is 4.64. The molecule has 0 aromatic heterocycles. The summed E-state index contributed by atoms with van der Waals surface area (Å²) in [6.07, 6.45) is 0.958. The molecular weight excluding hydrogens is 376 g/mol. The van der Waals surface area contributed by atoms with Gasteiger partial charge >= 0.3 is 0 Å². The Kier molecular flexibility index (Phi) is 6.49. The quantitative estimate of drug-likeness (QED) is 0.803. The van der Waals surface area contributed by atoms with Crippen LogP contribution in [0.2, 0.25) is 0 Å². The van der Waals surface area contributed by atoms with Gasteiger partial charge in [0.25, 0.3) is 5.91 Å². The zero-order valence-corrected chi connectivity index (χ0v) is 17.0. The molecule has 150 valence electrons. The summed E-state index contributed by atoms with van der Waals surface area (Å²) in [6, 6.07) is 13.9. The molecule has 1 heterocycles. The summed E-state index contributed by atoms with van der Waals surface area (Å²) in [6.45, 7) is 5.61. The number of anilines is 1. The topological polar surface area (TPSA) is 75.7 Å². The largest absolute Gasteiger partial charge is 0.379 e. The molecule has 7 heteroatoms. The molecule has 3 rings (SSSR count). The van der Waals surface area contributed by atoms with E-state index in [1.807, 2.05) is 24.3 Å². The van der Waals surface area contributed by atoms with Gasteiger partial charge in [0.1, 0.15) is 0 Å². The van der Waals surface area contributed by atoms with Gasteiger partial charge in [0, 0.05) is 24.3 Å². The van der Waals surface area contributed by atoms with Gasteiger partial charge in [-0.15, -0.1) is 0 Å². The van der Waals surface area contributed by atoms with E-state index in [1.165, 1.54) is 16.4 Å². The zero-order valence-electron chi connectivity index (χ0n) is 16.2. The minimum Gasteiger partial charge on any atom is -0.379 e. The van der Waals surface area contributed by atoms with E-state index in [0.717, 1.165) is 17.7 Å². The number of nitrogens with one attached hydrogen (secondary N) is 1. The minimum absolute atomic E-state index is 0.122. The highest BCUT2D eigenvalue weighted by molar-refractivity contribution is 7.89. The Labute approximate surface area is 166 Å². The molecule has 0 saturated carbocycles. The normalized spacial score (nSPS) is 16.5. The molecule has 1 fully saturated rings. The lowest BCUT2D eigenvalue weighted by Crippen LogP contribution is -2.40. The molecule has 2 aromatic carbocycles. The van der Waals surface area contributed by atoms with Crippen LogP contribution in [0.25, 0.3) is 0 Å². The maximum atomic E-state index is 12.8. The molecule has 1 atom stereocenters. The fourth-order valence-electron chi connectivity index (χ4n) is 3.19. The lowest BCUT2D eigenvalue weighted by Gasteiger charge is -2.26. The van der Waals surface area contributed by atoms with Crippen LogP contribution in [0.4, 0.5) is 5.69 Å². The molecule has 1 aliphatic heterocycles. The number of ether oxygens (including phenoxy) is 1. The van der Waals surface area contributed by atoms with Crippen LogP contribution in [-0.2, 0) is 14.8 Å². The summed E-state index contributed by atoms with van der Waals surface area (Å²) in [5.74, 6) is -0.0145. The van der Waals surface area contributed by atoms with Gasteiger partial charge in [-0.05, 0) is 42.2 Å². The molecule has 1 amide bonds. The number of morpholine rings is 1. The number of benzene rings is 2. The third-order valence-corrected chi connectivity index (χ3v) is 6.95. The predicted molar refractivity (Wildman–Crippen MR) is 109 cm³/mol. The van der Waals surface area contributed by atoms with Crippen molar-refractivity contribution >= 4 is 21.6 Å². The van der Waals surface area contributed by atoms with Gasteiger partial charge in [-0.2, -0.15) is 4.31 Å². The Morgan fingerprint density at radius 3 is 2.57 bits per heavy atom. The summed E-state index contributed by atoms with van der Waals surface area (Å²) in [7, 11) is -3.64. The second-order valence-corrected chi connectivity index (χ2v) is 8.83. The number of amides is 1. The first-order chi connectivity index (χ1) is 13.4. The summed E-state index contributed by atoms with van der Waals surface area (Å²) >= 11 is 0. The highest BCUT2D eigenvalue weighted by Crippen LogP contribution is 2.27. The SMILES string of the molecule is CC[C@@H](C)c1ccccc1NC(=O)c1cccc(S(=O)(=O)N2CCOCC2)c1. The van der Waals surface area contributed by atoms with Gasteiger partial charge in [-0.1, -0.05) is 38.1 Å². The van der Waals surface area contributed by atoms with Crippen LogP contribution < -0.4 is 5.32 Å². The van der Waals surface area contributed by atoms with Crippen molar-refractivity contribution in [3.05, 3.63) is 59.7 Å². The Morgan fingerprint density at radius 2 is 1.86 bits per heavy atom. The predicted octanol–water partition coefficient (Wildman–Crippen LogP) is 3.47. The van der Waals surface area contributed by atoms with Crippen LogP contribution in [-0.4, -0.2) is 44.9 Å². The molecule has 0 radical (unpaired) electrons. The molecule has 0 unspecified atom stereocenters. The Bertz CT molecular complexity index is 937. The maximum absolute atomic E-state index is 12.8. The van der Waals surface area contributed by atoms with Crippen molar-refractivity contribution in [3.63, 3.8) is 0 Å². The van der Waals surface area contributed by atoms with Crippen molar-refractivity contribution < 1.29 is 17.9 Å². The number of para-hydroxylation sites is 1. The Morgan fingerprint density at radius 1 is 1.14 bits per heavy atom. The lowest BCUT2D eigenvalue weighted by atomic mass is 9.97. The number of hydrogen-bond acceptors (Lipinski definition) is 4. The van der Waals surface area contributed by atoms with E-state index >= 15 is 0 Å². The van der Waals surface area contributed by atoms with E-state index in [4.69, 9.17) is 4.74 Å². The molecule has 0 bridgehead atoms. The molecule has 1 N–H and O–H groups in total. The molecule has 28 heavy (non-hydrogen) atoms. The average molecular weight is 403 g/mol. The first kappa shape index (κ1) is 20.5. The smallest absolute Gasteiger partial charge is 0.255 e. The number of carbonyl (C=O) groups is 1. The van der Waals surface area contributed by atoms with Crippen molar-refractivity contribution in [1.82, 2.24) is 4.31 Å².